The van der Waals surface area contributed by atoms with Crippen LogP contribution in [0.25, 0.3) is 0 Å². The summed E-state index contributed by atoms with van der Waals surface area (Å²) in [6.07, 6.45) is 2.63. The van der Waals surface area contributed by atoms with Crippen LogP contribution in [0.5, 0.6) is 11.5 Å². The molecule has 2 aromatic rings. The van der Waals surface area contributed by atoms with Gasteiger partial charge in [-0.3, -0.25) is 9.78 Å². The zero-order chi connectivity index (χ0) is 15.2. The van der Waals surface area contributed by atoms with Gasteiger partial charge in [-0.25, -0.2) is 0 Å². The number of aliphatic carboxylic acids is 1. The van der Waals surface area contributed by atoms with Crippen LogP contribution in [0.1, 0.15) is 24.6 Å². The lowest BCUT2D eigenvalue weighted by atomic mass is 9.98. The van der Waals surface area contributed by atoms with E-state index in [9.17, 15) is 4.79 Å². The van der Waals surface area contributed by atoms with E-state index in [-0.39, 0.29) is 12.3 Å². The third kappa shape index (κ3) is 4.91. The molecule has 0 aliphatic heterocycles. The van der Waals surface area contributed by atoms with Gasteiger partial charge in [-0.15, -0.1) is 0 Å². The van der Waals surface area contributed by atoms with Crippen molar-refractivity contribution in [1.82, 2.24) is 4.98 Å². The number of carboxylic acids is 1. The van der Waals surface area contributed by atoms with Crippen LogP contribution in [0.2, 0.25) is 0 Å². The van der Waals surface area contributed by atoms with E-state index in [1.807, 2.05) is 50.2 Å². The Kier molecular flexibility index (Phi) is 4.93. The SMILES string of the molecule is Cc1ccc(Oc2ccc(CC(C)CC(=O)O)cc2)cn1. The number of aromatic nitrogens is 1. The molecular formula is C17H19NO3. The molecule has 4 heteroatoms. The van der Waals surface area contributed by atoms with Gasteiger partial charge in [0, 0.05) is 12.1 Å². The number of hydrogen-bond donors (Lipinski definition) is 1. The summed E-state index contributed by atoms with van der Waals surface area (Å²) in [5.41, 5.74) is 2.06. The molecule has 4 nitrogen and oxygen atoms in total. The second kappa shape index (κ2) is 6.88. The van der Waals surface area contributed by atoms with Crippen molar-refractivity contribution < 1.29 is 14.6 Å². The Morgan fingerprint density at radius 3 is 2.43 bits per heavy atom. The van der Waals surface area contributed by atoms with Gasteiger partial charge in [-0.1, -0.05) is 19.1 Å². The Morgan fingerprint density at radius 1 is 1.19 bits per heavy atom. The van der Waals surface area contributed by atoms with E-state index in [2.05, 4.69) is 4.98 Å². The highest BCUT2D eigenvalue weighted by molar-refractivity contribution is 5.67. The number of aryl methyl sites for hydroxylation is 1. The van der Waals surface area contributed by atoms with Crippen molar-refractivity contribution in [2.24, 2.45) is 5.92 Å². The van der Waals surface area contributed by atoms with E-state index in [0.29, 0.717) is 5.75 Å². The lowest BCUT2D eigenvalue weighted by molar-refractivity contribution is -0.137. The zero-order valence-corrected chi connectivity index (χ0v) is 12.2. The lowest BCUT2D eigenvalue weighted by Crippen LogP contribution is -2.06. The highest BCUT2D eigenvalue weighted by Crippen LogP contribution is 2.22. The molecule has 0 aliphatic carbocycles. The minimum absolute atomic E-state index is 0.121. The fourth-order valence-electron chi connectivity index (χ4n) is 2.12. The van der Waals surface area contributed by atoms with Gasteiger partial charge in [0.25, 0.3) is 0 Å². The van der Waals surface area contributed by atoms with Crippen LogP contribution < -0.4 is 4.74 Å². The predicted molar refractivity (Wildman–Crippen MR) is 80.6 cm³/mol. The molecule has 0 spiro atoms. The molecule has 0 amide bonds. The first-order valence-corrected chi connectivity index (χ1v) is 6.94. The average Bonchev–Trinajstić information content (AvgIpc) is 2.42. The first kappa shape index (κ1) is 15.0. The molecule has 1 unspecified atom stereocenters. The van der Waals surface area contributed by atoms with Crippen molar-refractivity contribution in [3.63, 3.8) is 0 Å². The van der Waals surface area contributed by atoms with Crippen LogP contribution >= 0.6 is 0 Å². The number of rotatable bonds is 6. The molecule has 0 aliphatic rings. The van der Waals surface area contributed by atoms with Crippen molar-refractivity contribution >= 4 is 5.97 Å². The van der Waals surface area contributed by atoms with Crippen molar-refractivity contribution in [3.8, 4) is 11.5 Å². The summed E-state index contributed by atoms with van der Waals surface area (Å²) in [4.78, 5) is 14.8. The topological polar surface area (TPSA) is 59.4 Å². The van der Waals surface area contributed by atoms with Crippen molar-refractivity contribution in [1.29, 1.82) is 0 Å². The summed E-state index contributed by atoms with van der Waals surface area (Å²) in [7, 11) is 0. The van der Waals surface area contributed by atoms with E-state index >= 15 is 0 Å². The molecule has 2 rings (SSSR count). The quantitative estimate of drug-likeness (QED) is 0.876. The van der Waals surface area contributed by atoms with Gasteiger partial charge in [-0.2, -0.15) is 0 Å². The van der Waals surface area contributed by atoms with Gasteiger partial charge in [0.05, 0.1) is 6.20 Å². The van der Waals surface area contributed by atoms with Gasteiger partial charge in [0.15, 0.2) is 0 Å². The molecule has 1 heterocycles. The fourth-order valence-corrected chi connectivity index (χ4v) is 2.12. The number of pyridine rings is 1. The Hall–Kier alpha value is -2.36. The Morgan fingerprint density at radius 2 is 1.86 bits per heavy atom. The number of ether oxygens (including phenoxy) is 1. The molecule has 1 atom stereocenters. The Bertz CT molecular complexity index is 590. The number of carboxylic acid groups (broad SMARTS) is 1. The van der Waals surface area contributed by atoms with E-state index < -0.39 is 5.97 Å². The van der Waals surface area contributed by atoms with Gasteiger partial charge < -0.3 is 9.84 Å². The normalized spacial score (nSPS) is 11.9. The summed E-state index contributed by atoms with van der Waals surface area (Å²) in [5, 5.41) is 8.76. The van der Waals surface area contributed by atoms with Crippen LogP contribution in [0.4, 0.5) is 0 Å². The van der Waals surface area contributed by atoms with E-state index in [1.165, 1.54) is 0 Å². The third-order valence-electron chi connectivity index (χ3n) is 3.15. The second-order valence-corrected chi connectivity index (χ2v) is 5.29. The average molecular weight is 285 g/mol. The standard InChI is InChI=1S/C17H19NO3/c1-12(10-17(19)20)9-14-4-7-15(8-5-14)21-16-6-3-13(2)18-11-16/h3-8,11-12H,9-10H2,1-2H3,(H,19,20). The lowest BCUT2D eigenvalue weighted by Gasteiger charge is -2.10. The largest absolute Gasteiger partial charge is 0.481 e. The molecule has 0 bridgehead atoms. The molecule has 110 valence electrons. The van der Waals surface area contributed by atoms with Crippen molar-refractivity contribution in [2.45, 2.75) is 26.7 Å². The van der Waals surface area contributed by atoms with E-state index in [4.69, 9.17) is 9.84 Å². The highest BCUT2D eigenvalue weighted by Gasteiger charge is 2.08. The number of hydrogen-bond acceptors (Lipinski definition) is 3. The fraction of sp³-hybridized carbons (Fsp3) is 0.294. The summed E-state index contributed by atoms with van der Waals surface area (Å²) in [5.74, 6) is 0.813. The predicted octanol–water partition coefficient (Wildman–Crippen LogP) is 3.84. The summed E-state index contributed by atoms with van der Waals surface area (Å²) in [6, 6.07) is 11.5. The minimum Gasteiger partial charge on any atom is -0.481 e. The number of carbonyl (C=O) groups is 1. The molecule has 21 heavy (non-hydrogen) atoms. The molecular weight excluding hydrogens is 266 g/mol. The maximum Gasteiger partial charge on any atom is 0.303 e. The van der Waals surface area contributed by atoms with Crippen LogP contribution in [-0.2, 0) is 11.2 Å². The summed E-state index contributed by atoms with van der Waals surface area (Å²) < 4.78 is 5.70. The molecule has 1 N–H and O–H groups in total. The van der Waals surface area contributed by atoms with Gasteiger partial charge in [-0.05, 0) is 49.1 Å². The maximum absolute atomic E-state index is 10.7. The zero-order valence-electron chi connectivity index (χ0n) is 12.2. The smallest absolute Gasteiger partial charge is 0.303 e. The number of nitrogens with zero attached hydrogens (tertiary/aromatic N) is 1. The van der Waals surface area contributed by atoms with E-state index in [0.717, 1.165) is 23.4 Å². The molecule has 0 saturated carbocycles. The van der Waals surface area contributed by atoms with Crippen LogP contribution in [0, 0.1) is 12.8 Å². The highest BCUT2D eigenvalue weighted by atomic mass is 16.5. The molecule has 0 saturated heterocycles. The van der Waals surface area contributed by atoms with E-state index in [1.54, 1.807) is 6.20 Å². The molecule has 1 aromatic carbocycles. The van der Waals surface area contributed by atoms with Crippen LogP contribution in [0.3, 0.4) is 0 Å². The molecule has 0 radical (unpaired) electrons. The second-order valence-electron chi connectivity index (χ2n) is 5.29. The van der Waals surface area contributed by atoms with Crippen LogP contribution in [-0.4, -0.2) is 16.1 Å². The Labute approximate surface area is 124 Å². The van der Waals surface area contributed by atoms with Gasteiger partial charge in [0.2, 0.25) is 0 Å². The molecule has 1 aromatic heterocycles. The van der Waals surface area contributed by atoms with Crippen molar-refractivity contribution in [2.75, 3.05) is 0 Å². The first-order chi connectivity index (χ1) is 10.0. The van der Waals surface area contributed by atoms with Gasteiger partial charge in [0.1, 0.15) is 11.5 Å². The first-order valence-electron chi connectivity index (χ1n) is 6.94. The Balaban J connectivity index is 1.95. The summed E-state index contributed by atoms with van der Waals surface area (Å²) in [6.45, 7) is 3.87. The van der Waals surface area contributed by atoms with Crippen LogP contribution in [0.15, 0.2) is 42.6 Å². The summed E-state index contributed by atoms with van der Waals surface area (Å²) >= 11 is 0. The van der Waals surface area contributed by atoms with Crippen molar-refractivity contribution in [3.05, 3.63) is 53.9 Å². The number of benzene rings is 1. The minimum atomic E-state index is -0.755. The monoisotopic (exact) mass is 285 g/mol. The van der Waals surface area contributed by atoms with Gasteiger partial charge >= 0.3 is 5.97 Å². The maximum atomic E-state index is 10.7. The third-order valence-corrected chi connectivity index (χ3v) is 3.15. The molecule has 0 fully saturated rings.